The first-order valence-corrected chi connectivity index (χ1v) is 13.9. The Hall–Kier alpha value is 0.450. The summed E-state index contributed by atoms with van der Waals surface area (Å²) in [6.45, 7) is 0.650. The van der Waals surface area contributed by atoms with E-state index in [-0.39, 0.29) is 59.1 Å². The van der Waals surface area contributed by atoms with Gasteiger partial charge in [0.15, 0.2) is 0 Å². The second-order valence-electron chi connectivity index (χ2n) is 4.36. The first kappa shape index (κ1) is 29.5. The molecule has 0 fully saturated rings. The molecule has 0 unspecified atom stereocenters. The zero-order chi connectivity index (χ0) is 21.4. The first-order valence-electron chi connectivity index (χ1n) is 8.11. The Kier molecular flexibility index (Phi) is 25.1. The monoisotopic (exact) mass is 514 g/mol. The maximum Gasteiger partial charge on any atom is 0.316 e. The van der Waals surface area contributed by atoms with Gasteiger partial charge in [-0.25, -0.2) is 19.6 Å². The molecule has 0 radical (unpaired) electrons. The number of carbonyl (C=O) groups is 2. The molecule has 0 spiro atoms. The Labute approximate surface area is 191 Å². The highest BCUT2D eigenvalue weighted by molar-refractivity contribution is 8.00. The minimum atomic E-state index is -0.342. The Bertz CT molecular complexity index is 394. The van der Waals surface area contributed by atoms with Crippen molar-refractivity contribution in [3.05, 3.63) is 0 Å². The lowest BCUT2D eigenvalue weighted by molar-refractivity contribution is -0.274. The summed E-state index contributed by atoms with van der Waals surface area (Å²) < 4.78 is 9.84. The van der Waals surface area contributed by atoms with E-state index in [9.17, 15) is 9.59 Å². The van der Waals surface area contributed by atoms with Gasteiger partial charge in [-0.1, -0.05) is 23.5 Å². The largest absolute Gasteiger partial charge is 0.454 e. The van der Waals surface area contributed by atoms with Crippen molar-refractivity contribution in [2.24, 2.45) is 0 Å². The van der Waals surface area contributed by atoms with Crippen molar-refractivity contribution in [2.45, 2.75) is 0 Å². The second kappa shape index (κ2) is 24.7. The summed E-state index contributed by atoms with van der Waals surface area (Å²) in [4.78, 5) is 42.2. The van der Waals surface area contributed by atoms with Crippen LogP contribution in [0, 0.1) is 0 Å². The SMILES string of the molecule is O=C(CSCCOOCSCOC(=O)CSCCOOCSCO)OCSCO. The van der Waals surface area contributed by atoms with Crippen molar-refractivity contribution < 1.29 is 48.8 Å². The van der Waals surface area contributed by atoms with E-state index in [2.05, 4.69) is 0 Å². The summed E-state index contributed by atoms with van der Waals surface area (Å²) >= 11 is 6.25. The fourth-order valence-electron chi connectivity index (χ4n) is 1.16. The van der Waals surface area contributed by atoms with Gasteiger partial charge in [-0.05, 0) is 0 Å². The van der Waals surface area contributed by atoms with Gasteiger partial charge >= 0.3 is 11.9 Å². The number of ether oxygens (including phenoxy) is 2. The molecule has 0 amide bonds. The number of aliphatic hydroxyl groups excluding tert-OH is 2. The van der Waals surface area contributed by atoms with Gasteiger partial charge in [-0.15, -0.1) is 35.3 Å². The van der Waals surface area contributed by atoms with Gasteiger partial charge in [0, 0.05) is 11.5 Å². The lowest BCUT2D eigenvalue weighted by Gasteiger charge is -2.06. The maximum absolute atomic E-state index is 11.5. The quantitative estimate of drug-likeness (QED) is 0.0708. The van der Waals surface area contributed by atoms with Crippen LogP contribution in [0.1, 0.15) is 0 Å². The van der Waals surface area contributed by atoms with Crippen molar-refractivity contribution in [3.63, 3.8) is 0 Å². The molecule has 10 nitrogen and oxygen atoms in total. The second-order valence-corrected chi connectivity index (χ2v) is 9.25. The number of carbonyl (C=O) groups excluding carboxylic acids is 2. The van der Waals surface area contributed by atoms with E-state index in [0.29, 0.717) is 24.7 Å². The normalized spacial score (nSPS) is 10.8. The number of aliphatic hydroxyl groups is 2. The third-order valence-electron chi connectivity index (χ3n) is 2.28. The highest BCUT2D eigenvalue weighted by Crippen LogP contribution is 2.07. The highest BCUT2D eigenvalue weighted by atomic mass is 32.2. The molecule has 0 aliphatic carbocycles. The molecular weight excluding hydrogens is 488 g/mol. The van der Waals surface area contributed by atoms with E-state index >= 15 is 0 Å². The average Bonchev–Trinajstić information content (AvgIpc) is 2.71. The van der Waals surface area contributed by atoms with Gasteiger partial charge in [0.2, 0.25) is 0 Å². The van der Waals surface area contributed by atoms with Crippen molar-refractivity contribution in [1.82, 2.24) is 0 Å². The minimum absolute atomic E-state index is 0.0249. The summed E-state index contributed by atoms with van der Waals surface area (Å²) in [5, 5.41) is 17.0. The summed E-state index contributed by atoms with van der Waals surface area (Å²) in [5.74, 6) is 1.56. The number of rotatable bonds is 22. The standard InChI is InChI=1S/C14H26O10S5/c15-7-27-9-19-13(17)5-25-4-2-22-24-12-29-10-20-14(18)6-26-3-1-21-23-11-28-8-16/h15-16H,1-12H2. The Balaban J connectivity index is 3.22. The van der Waals surface area contributed by atoms with Crippen LogP contribution in [0.5, 0.6) is 0 Å². The number of hydrogen-bond acceptors (Lipinski definition) is 15. The van der Waals surface area contributed by atoms with E-state index in [1.54, 1.807) is 0 Å². The van der Waals surface area contributed by atoms with E-state index < -0.39 is 0 Å². The van der Waals surface area contributed by atoms with Crippen LogP contribution in [0.15, 0.2) is 0 Å². The van der Waals surface area contributed by atoms with Gasteiger partial charge in [0.25, 0.3) is 0 Å². The maximum atomic E-state index is 11.5. The van der Waals surface area contributed by atoms with Crippen LogP contribution in [0.4, 0.5) is 0 Å². The average molecular weight is 515 g/mol. The van der Waals surface area contributed by atoms with Gasteiger partial charge < -0.3 is 19.7 Å². The highest BCUT2D eigenvalue weighted by Gasteiger charge is 2.04. The van der Waals surface area contributed by atoms with Gasteiger partial charge in [-0.3, -0.25) is 9.59 Å². The lowest BCUT2D eigenvalue weighted by Crippen LogP contribution is -2.10. The molecule has 0 aromatic carbocycles. The van der Waals surface area contributed by atoms with Crippen LogP contribution in [0.25, 0.3) is 0 Å². The smallest absolute Gasteiger partial charge is 0.316 e. The molecule has 0 aromatic heterocycles. The molecule has 0 atom stereocenters. The molecule has 0 saturated heterocycles. The molecule has 0 aliphatic heterocycles. The van der Waals surface area contributed by atoms with Crippen LogP contribution in [0.3, 0.4) is 0 Å². The van der Waals surface area contributed by atoms with E-state index in [0.717, 1.165) is 11.8 Å². The fourth-order valence-corrected chi connectivity index (χ4v) is 3.24. The third kappa shape index (κ3) is 24.6. The van der Waals surface area contributed by atoms with E-state index in [1.165, 1.54) is 47.0 Å². The number of thioether (sulfide) groups is 5. The molecule has 2 N–H and O–H groups in total. The first-order chi connectivity index (χ1) is 14.2. The molecule has 15 heteroatoms. The lowest BCUT2D eigenvalue weighted by atomic mass is 10.8. The molecule has 0 heterocycles. The summed E-state index contributed by atoms with van der Waals surface area (Å²) in [6, 6.07) is 0. The zero-order valence-corrected chi connectivity index (χ0v) is 19.8. The summed E-state index contributed by atoms with van der Waals surface area (Å²) in [5.41, 5.74) is 0. The molecule has 0 bridgehead atoms. The number of esters is 2. The summed E-state index contributed by atoms with van der Waals surface area (Å²) in [6.07, 6.45) is 0. The molecule has 0 aromatic rings. The van der Waals surface area contributed by atoms with Crippen molar-refractivity contribution >= 4 is 70.7 Å². The van der Waals surface area contributed by atoms with Crippen LogP contribution in [0.2, 0.25) is 0 Å². The molecular formula is C14H26O10S5. The van der Waals surface area contributed by atoms with Gasteiger partial charge in [0.05, 0.1) is 36.6 Å². The minimum Gasteiger partial charge on any atom is -0.454 e. The molecule has 172 valence electrons. The number of hydrogen-bond donors (Lipinski definition) is 2. The van der Waals surface area contributed by atoms with Crippen molar-refractivity contribution in [2.75, 3.05) is 71.9 Å². The molecule has 0 saturated carbocycles. The van der Waals surface area contributed by atoms with Crippen molar-refractivity contribution in [1.29, 1.82) is 0 Å². The van der Waals surface area contributed by atoms with Gasteiger partial charge in [0.1, 0.15) is 23.8 Å². The van der Waals surface area contributed by atoms with Crippen LogP contribution < -0.4 is 0 Å². The van der Waals surface area contributed by atoms with Crippen LogP contribution in [-0.2, 0) is 38.6 Å². The Morgan fingerprint density at radius 2 is 1.03 bits per heavy atom. The Morgan fingerprint density at radius 3 is 1.55 bits per heavy atom. The molecule has 29 heavy (non-hydrogen) atoms. The topological polar surface area (TPSA) is 130 Å². The Morgan fingerprint density at radius 1 is 0.586 bits per heavy atom. The van der Waals surface area contributed by atoms with Crippen molar-refractivity contribution in [3.8, 4) is 0 Å². The van der Waals surface area contributed by atoms with E-state index in [1.807, 2.05) is 0 Å². The molecule has 0 aliphatic rings. The predicted molar refractivity (Wildman–Crippen MR) is 117 cm³/mol. The third-order valence-corrected chi connectivity index (χ3v) is 5.53. The van der Waals surface area contributed by atoms with Crippen LogP contribution in [-0.4, -0.2) is 94.0 Å². The zero-order valence-electron chi connectivity index (χ0n) is 15.7. The summed E-state index contributed by atoms with van der Waals surface area (Å²) in [7, 11) is 0. The van der Waals surface area contributed by atoms with Gasteiger partial charge in [-0.2, -0.15) is 0 Å². The fraction of sp³-hybridized carbons (Fsp3) is 0.857. The molecule has 0 rings (SSSR count). The predicted octanol–water partition coefficient (Wildman–Crippen LogP) is 1.36. The van der Waals surface area contributed by atoms with E-state index in [4.69, 9.17) is 39.2 Å². The van der Waals surface area contributed by atoms with Crippen LogP contribution >= 0.6 is 58.8 Å².